The van der Waals surface area contributed by atoms with Crippen molar-refractivity contribution in [2.24, 2.45) is 0 Å². The maximum absolute atomic E-state index is 10.9. The molecule has 0 atom stereocenters. The van der Waals surface area contributed by atoms with Crippen molar-refractivity contribution in [3.05, 3.63) is 21.9 Å². The van der Waals surface area contributed by atoms with Crippen LogP contribution in [0.3, 0.4) is 0 Å². The number of hydroxylamine groups is 1. The van der Waals surface area contributed by atoms with E-state index in [1.54, 1.807) is 18.4 Å². The molecule has 0 radical (unpaired) electrons. The minimum absolute atomic E-state index is 0.210. The first kappa shape index (κ1) is 11.2. The minimum Gasteiger partial charge on any atom is -0.469 e. The van der Waals surface area contributed by atoms with Crippen LogP contribution in [0.2, 0.25) is 0 Å². The van der Waals surface area contributed by atoms with Crippen LogP contribution < -0.4 is 5.48 Å². The van der Waals surface area contributed by atoms with Crippen molar-refractivity contribution in [3.63, 3.8) is 0 Å². The molecule has 78 valence electrons. The molecule has 1 aromatic heterocycles. The average Bonchev–Trinajstić information content (AvgIpc) is 2.62. The van der Waals surface area contributed by atoms with E-state index >= 15 is 0 Å². The Morgan fingerprint density at radius 3 is 2.79 bits per heavy atom. The Kier molecular flexibility index (Phi) is 4.58. The summed E-state index contributed by atoms with van der Waals surface area (Å²) in [6.07, 6.45) is 0.341. The second kappa shape index (κ2) is 5.74. The maximum atomic E-state index is 10.9. The quantitative estimate of drug-likeness (QED) is 0.590. The Labute approximate surface area is 86.8 Å². The molecule has 5 heteroatoms. The number of hydrogen-bond donors (Lipinski definition) is 1. The summed E-state index contributed by atoms with van der Waals surface area (Å²) in [6.45, 7) is 0.655. The molecule has 1 rings (SSSR count). The van der Waals surface area contributed by atoms with Gasteiger partial charge in [0.05, 0.1) is 27.2 Å². The first-order chi connectivity index (χ1) is 6.76. The molecule has 1 N–H and O–H groups in total. The molecule has 1 heterocycles. The van der Waals surface area contributed by atoms with Crippen LogP contribution in [0.1, 0.15) is 9.75 Å². The van der Waals surface area contributed by atoms with E-state index < -0.39 is 0 Å². The third kappa shape index (κ3) is 3.45. The highest BCUT2D eigenvalue weighted by Gasteiger charge is 2.05. The maximum Gasteiger partial charge on any atom is 0.310 e. The van der Waals surface area contributed by atoms with Crippen LogP contribution >= 0.6 is 11.3 Å². The van der Waals surface area contributed by atoms with E-state index in [1.165, 1.54) is 7.11 Å². The predicted molar refractivity (Wildman–Crippen MR) is 53.9 cm³/mol. The summed E-state index contributed by atoms with van der Waals surface area (Å²) < 4.78 is 4.57. The van der Waals surface area contributed by atoms with Gasteiger partial charge < -0.3 is 9.57 Å². The number of rotatable bonds is 5. The van der Waals surface area contributed by atoms with Crippen molar-refractivity contribution in [3.8, 4) is 0 Å². The van der Waals surface area contributed by atoms with Gasteiger partial charge in [0.25, 0.3) is 0 Å². The van der Waals surface area contributed by atoms with Gasteiger partial charge in [-0.2, -0.15) is 5.48 Å². The van der Waals surface area contributed by atoms with Gasteiger partial charge in [0.1, 0.15) is 0 Å². The van der Waals surface area contributed by atoms with Gasteiger partial charge in [0, 0.05) is 9.75 Å². The second-order valence-electron chi connectivity index (χ2n) is 2.65. The van der Waals surface area contributed by atoms with Gasteiger partial charge in [0.15, 0.2) is 0 Å². The first-order valence-corrected chi connectivity index (χ1v) is 4.98. The molecule has 0 unspecified atom stereocenters. The summed E-state index contributed by atoms with van der Waals surface area (Å²) in [5.74, 6) is -0.210. The van der Waals surface area contributed by atoms with Crippen LogP contribution in [0.4, 0.5) is 0 Å². The van der Waals surface area contributed by atoms with Crippen LogP contribution in [0, 0.1) is 0 Å². The number of carbonyl (C=O) groups is 1. The van der Waals surface area contributed by atoms with E-state index in [0.717, 1.165) is 9.75 Å². The zero-order valence-electron chi connectivity index (χ0n) is 8.20. The predicted octanol–water partition coefficient (Wildman–Crippen LogP) is 1.11. The van der Waals surface area contributed by atoms with Gasteiger partial charge in [-0.3, -0.25) is 4.79 Å². The zero-order chi connectivity index (χ0) is 10.4. The van der Waals surface area contributed by atoms with Crippen molar-refractivity contribution in [1.29, 1.82) is 0 Å². The monoisotopic (exact) mass is 215 g/mol. The van der Waals surface area contributed by atoms with Gasteiger partial charge in [-0.25, -0.2) is 0 Å². The fraction of sp³-hybridized carbons (Fsp3) is 0.444. The third-order valence-electron chi connectivity index (χ3n) is 1.65. The van der Waals surface area contributed by atoms with Gasteiger partial charge in [-0.05, 0) is 12.1 Å². The summed E-state index contributed by atoms with van der Waals surface area (Å²) in [7, 11) is 2.96. The molecule has 0 aliphatic rings. The number of thiophene rings is 1. The summed E-state index contributed by atoms with van der Waals surface area (Å²) in [5, 5.41) is 0. The van der Waals surface area contributed by atoms with Gasteiger partial charge >= 0.3 is 5.97 Å². The molecular weight excluding hydrogens is 202 g/mol. The molecule has 0 amide bonds. The van der Waals surface area contributed by atoms with Gasteiger partial charge in [-0.1, -0.05) is 0 Å². The molecule has 1 aromatic rings. The summed E-state index contributed by atoms with van der Waals surface area (Å²) in [6, 6.07) is 3.89. The lowest BCUT2D eigenvalue weighted by Gasteiger charge is -1.97. The topological polar surface area (TPSA) is 47.6 Å². The molecule has 0 aromatic carbocycles. The Hall–Kier alpha value is -0.910. The van der Waals surface area contributed by atoms with Crippen molar-refractivity contribution in [2.45, 2.75) is 13.0 Å². The highest BCUT2D eigenvalue weighted by Crippen LogP contribution is 2.17. The first-order valence-electron chi connectivity index (χ1n) is 4.16. The molecule has 0 saturated heterocycles. The number of methoxy groups -OCH3 is 1. The normalized spacial score (nSPS) is 10.1. The molecule has 0 aliphatic heterocycles. The fourth-order valence-electron chi connectivity index (χ4n) is 0.970. The Morgan fingerprint density at radius 1 is 1.43 bits per heavy atom. The third-order valence-corrected chi connectivity index (χ3v) is 2.74. The lowest BCUT2D eigenvalue weighted by Crippen LogP contribution is -2.09. The van der Waals surface area contributed by atoms with Gasteiger partial charge in [-0.15, -0.1) is 11.3 Å². The van der Waals surface area contributed by atoms with Crippen molar-refractivity contribution in [2.75, 3.05) is 14.2 Å². The van der Waals surface area contributed by atoms with Crippen LogP contribution in [-0.2, 0) is 27.3 Å². The molecule has 0 saturated carbocycles. The SMILES string of the molecule is CONCc1ccc(CC(=O)OC)s1. The molecule has 0 bridgehead atoms. The van der Waals surface area contributed by atoms with E-state index in [2.05, 4.69) is 10.2 Å². The van der Waals surface area contributed by atoms with Gasteiger partial charge in [0.2, 0.25) is 0 Å². The Balaban J connectivity index is 2.46. The minimum atomic E-state index is -0.210. The molecule has 0 aliphatic carbocycles. The van der Waals surface area contributed by atoms with Crippen molar-refractivity contribution < 1.29 is 14.4 Å². The smallest absolute Gasteiger partial charge is 0.310 e. The number of carbonyl (C=O) groups excluding carboxylic acids is 1. The highest BCUT2D eigenvalue weighted by molar-refractivity contribution is 7.12. The number of hydrogen-bond acceptors (Lipinski definition) is 5. The summed E-state index contributed by atoms with van der Waals surface area (Å²) >= 11 is 1.57. The summed E-state index contributed by atoms with van der Waals surface area (Å²) in [5.41, 5.74) is 2.74. The van der Waals surface area contributed by atoms with Crippen LogP contribution in [0.5, 0.6) is 0 Å². The highest BCUT2D eigenvalue weighted by atomic mass is 32.1. The molecule has 0 fully saturated rings. The van der Waals surface area contributed by atoms with E-state index in [0.29, 0.717) is 13.0 Å². The van der Waals surface area contributed by atoms with Crippen LogP contribution in [-0.4, -0.2) is 20.2 Å². The van der Waals surface area contributed by atoms with E-state index in [9.17, 15) is 4.79 Å². The lowest BCUT2D eigenvalue weighted by molar-refractivity contribution is -0.139. The summed E-state index contributed by atoms with van der Waals surface area (Å²) in [4.78, 5) is 17.8. The average molecular weight is 215 g/mol. The number of nitrogens with one attached hydrogen (secondary N) is 1. The van der Waals surface area contributed by atoms with Crippen LogP contribution in [0.25, 0.3) is 0 Å². The van der Waals surface area contributed by atoms with E-state index in [-0.39, 0.29) is 5.97 Å². The van der Waals surface area contributed by atoms with Crippen molar-refractivity contribution >= 4 is 17.3 Å². The molecule has 14 heavy (non-hydrogen) atoms. The fourth-order valence-corrected chi connectivity index (χ4v) is 1.90. The number of esters is 1. The Bertz CT molecular complexity index is 298. The van der Waals surface area contributed by atoms with Crippen molar-refractivity contribution in [1.82, 2.24) is 5.48 Å². The second-order valence-corrected chi connectivity index (χ2v) is 3.90. The van der Waals surface area contributed by atoms with Crippen LogP contribution in [0.15, 0.2) is 12.1 Å². The van der Waals surface area contributed by atoms with E-state index in [1.807, 2.05) is 12.1 Å². The Morgan fingerprint density at radius 2 is 2.14 bits per heavy atom. The molecule has 0 spiro atoms. The zero-order valence-corrected chi connectivity index (χ0v) is 9.02. The van der Waals surface area contributed by atoms with E-state index in [4.69, 9.17) is 4.84 Å². The number of ether oxygens (including phenoxy) is 1. The molecule has 4 nitrogen and oxygen atoms in total. The lowest BCUT2D eigenvalue weighted by atomic mass is 10.3. The largest absolute Gasteiger partial charge is 0.469 e. The molecular formula is C9H13NO3S. The standard InChI is InChI=1S/C9H13NO3S/c1-12-9(11)5-7-3-4-8(14-7)6-10-13-2/h3-4,10H,5-6H2,1-2H3.